The number of carbonyl (C=O) groups is 1. The zero-order valence-electron chi connectivity index (χ0n) is 14.1. The number of benzene rings is 2. The number of likely N-dealkylation sites (N-methyl/N-ethyl adjacent to an activating group) is 1. The maximum absolute atomic E-state index is 13.0. The molecule has 3 aromatic rings. The van der Waals surface area contributed by atoms with Crippen molar-refractivity contribution < 1.29 is 9.18 Å². The van der Waals surface area contributed by atoms with Crippen LogP contribution < -0.4 is 5.32 Å². The highest BCUT2D eigenvalue weighted by molar-refractivity contribution is 6.31. The van der Waals surface area contributed by atoms with Crippen LogP contribution in [0.5, 0.6) is 0 Å². The second-order valence-electron chi connectivity index (χ2n) is 5.85. The van der Waals surface area contributed by atoms with Crippen molar-refractivity contribution in [3.8, 4) is 5.69 Å². The lowest BCUT2D eigenvalue weighted by atomic mass is 10.2. The van der Waals surface area contributed by atoms with Gasteiger partial charge in [0.25, 0.3) is 0 Å². The third-order valence-corrected chi connectivity index (χ3v) is 3.91. The fraction of sp³-hybridized carbons (Fsp3) is 0.167. The molecule has 1 amide bonds. The van der Waals surface area contributed by atoms with Gasteiger partial charge in [0.2, 0.25) is 5.91 Å². The first-order valence-electron chi connectivity index (χ1n) is 7.88. The lowest BCUT2D eigenvalue weighted by Gasteiger charge is -2.17. The Kier molecular flexibility index (Phi) is 5.60. The van der Waals surface area contributed by atoms with E-state index >= 15 is 0 Å². The van der Waals surface area contributed by atoms with E-state index in [1.807, 2.05) is 11.9 Å². The summed E-state index contributed by atoms with van der Waals surface area (Å²) in [5.74, 6) is -0.478. The van der Waals surface area contributed by atoms with Crippen molar-refractivity contribution in [2.24, 2.45) is 0 Å². The van der Waals surface area contributed by atoms with E-state index in [1.54, 1.807) is 41.3 Å². The van der Waals surface area contributed by atoms with Crippen LogP contribution in [0.2, 0.25) is 5.02 Å². The first kappa shape index (κ1) is 18.0. The van der Waals surface area contributed by atoms with Gasteiger partial charge in [-0.25, -0.2) is 14.1 Å². The molecule has 1 N–H and O–H groups in total. The first-order chi connectivity index (χ1) is 12.5. The van der Waals surface area contributed by atoms with Gasteiger partial charge in [0.15, 0.2) is 0 Å². The van der Waals surface area contributed by atoms with Gasteiger partial charge in [0.05, 0.1) is 17.9 Å². The van der Waals surface area contributed by atoms with E-state index in [1.165, 1.54) is 18.5 Å². The van der Waals surface area contributed by atoms with E-state index < -0.39 is 0 Å². The smallest absolute Gasteiger partial charge is 0.238 e. The number of nitrogens with zero attached hydrogens (tertiary/aromatic N) is 4. The van der Waals surface area contributed by atoms with Gasteiger partial charge in [0, 0.05) is 11.6 Å². The quantitative estimate of drug-likeness (QED) is 0.721. The second-order valence-corrected chi connectivity index (χ2v) is 6.28. The minimum Gasteiger partial charge on any atom is -0.323 e. The van der Waals surface area contributed by atoms with E-state index in [2.05, 4.69) is 15.4 Å². The molecule has 0 bridgehead atoms. The molecule has 0 saturated heterocycles. The summed E-state index contributed by atoms with van der Waals surface area (Å²) in [7, 11) is 1.82. The first-order valence-corrected chi connectivity index (χ1v) is 8.26. The predicted molar refractivity (Wildman–Crippen MR) is 97.7 cm³/mol. The fourth-order valence-electron chi connectivity index (χ4n) is 2.53. The number of anilines is 1. The van der Waals surface area contributed by atoms with Gasteiger partial charge in [0.1, 0.15) is 18.5 Å². The molecule has 0 unspecified atom stereocenters. The van der Waals surface area contributed by atoms with Crippen molar-refractivity contribution in [3.05, 3.63) is 71.5 Å². The molecule has 0 atom stereocenters. The highest BCUT2D eigenvalue weighted by Crippen LogP contribution is 2.24. The molecule has 134 valence electrons. The summed E-state index contributed by atoms with van der Waals surface area (Å²) >= 11 is 6.05. The van der Waals surface area contributed by atoms with Gasteiger partial charge in [-0.2, -0.15) is 5.10 Å². The number of nitrogens with one attached hydrogen (secondary N) is 1. The Labute approximate surface area is 155 Å². The molecule has 26 heavy (non-hydrogen) atoms. The highest BCUT2D eigenvalue weighted by atomic mass is 35.5. The molecule has 3 rings (SSSR count). The van der Waals surface area contributed by atoms with Crippen LogP contribution in [0, 0.1) is 5.82 Å². The lowest BCUT2D eigenvalue weighted by molar-refractivity contribution is -0.117. The van der Waals surface area contributed by atoms with Crippen LogP contribution >= 0.6 is 11.6 Å². The number of hydrogen-bond acceptors (Lipinski definition) is 4. The third-order valence-electron chi connectivity index (χ3n) is 3.68. The van der Waals surface area contributed by atoms with Gasteiger partial charge in [-0.1, -0.05) is 23.7 Å². The number of amides is 1. The van der Waals surface area contributed by atoms with Gasteiger partial charge < -0.3 is 5.32 Å². The zero-order chi connectivity index (χ0) is 18.5. The molecule has 8 heteroatoms. The van der Waals surface area contributed by atoms with Gasteiger partial charge in [-0.15, -0.1) is 0 Å². The van der Waals surface area contributed by atoms with Crippen molar-refractivity contribution in [2.45, 2.75) is 6.54 Å². The Morgan fingerprint density at radius 2 is 2.04 bits per heavy atom. The standard InChI is InChI=1S/C18H17ClFN5O/c1-24(9-13-2-5-15(20)6-3-13)10-18(26)23-16-8-14(19)4-7-17(16)25-12-21-11-22-25/h2-8,11-12H,9-10H2,1H3,(H,23,26). The SMILES string of the molecule is CN(CC(=O)Nc1cc(Cl)ccc1-n1cncn1)Cc1ccc(F)cc1. The van der Waals surface area contributed by atoms with E-state index in [9.17, 15) is 9.18 Å². The summed E-state index contributed by atoms with van der Waals surface area (Å²) in [6.07, 6.45) is 2.95. The lowest BCUT2D eigenvalue weighted by Crippen LogP contribution is -2.30. The van der Waals surface area contributed by atoms with Crippen molar-refractivity contribution in [3.63, 3.8) is 0 Å². The summed E-state index contributed by atoms with van der Waals surface area (Å²) in [4.78, 5) is 18.1. The van der Waals surface area contributed by atoms with Crippen molar-refractivity contribution in [1.82, 2.24) is 19.7 Å². The maximum Gasteiger partial charge on any atom is 0.238 e. The molecule has 1 heterocycles. The largest absolute Gasteiger partial charge is 0.323 e. The molecular formula is C18H17ClFN5O. The van der Waals surface area contributed by atoms with E-state index in [-0.39, 0.29) is 18.3 Å². The molecule has 0 aliphatic carbocycles. The van der Waals surface area contributed by atoms with Crippen LogP contribution in [-0.2, 0) is 11.3 Å². The van der Waals surface area contributed by atoms with E-state index in [0.717, 1.165) is 5.56 Å². The Hall–Kier alpha value is -2.77. The number of rotatable bonds is 6. The molecule has 1 aromatic heterocycles. The molecule has 0 fully saturated rings. The fourth-order valence-corrected chi connectivity index (χ4v) is 2.71. The summed E-state index contributed by atoms with van der Waals surface area (Å²) in [5, 5.41) is 7.43. The third kappa shape index (κ3) is 4.65. The molecule has 0 radical (unpaired) electrons. The van der Waals surface area contributed by atoms with Crippen LogP contribution in [0.15, 0.2) is 55.1 Å². The number of aromatic nitrogens is 3. The predicted octanol–water partition coefficient (Wildman–Crippen LogP) is 3.13. The number of halogens is 2. The Morgan fingerprint density at radius 3 is 2.73 bits per heavy atom. The molecule has 0 spiro atoms. The summed E-state index contributed by atoms with van der Waals surface area (Å²) < 4.78 is 14.5. The topological polar surface area (TPSA) is 63.1 Å². The highest BCUT2D eigenvalue weighted by Gasteiger charge is 2.12. The van der Waals surface area contributed by atoms with Crippen LogP contribution in [0.1, 0.15) is 5.56 Å². The molecule has 0 saturated carbocycles. The normalized spacial score (nSPS) is 10.9. The zero-order valence-corrected chi connectivity index (χ0v) is 14.8. The van der Waals surface area contributed by atoms with Crippen molar-refractivity contribution in [1.29, 1.82) is 0 Å². The van der Waals surface area contributed by atoms with Crippen molar-refractivity contribution in [2.75, 3.05) is 18.9 Å². The summed E-state index contributed by atoms with van der Waals surface area (Å²) in [6, 6.07) is 11.3. The second kappa shape index (κ2) is 8.07. The molecule has 0 aliphatic heterocycles. The van der Waals surface area contributed by atoms with Crippen LogP contribution in [0.3, 0.4) is 0 Å². The average Bonchev–Trinajstić information content (AvgIpc) is 3.11. The average molecular weight is 374 g/mol. The van der Waals surface area contributed by atoms with E-state index in [4.69, 9.17) is 11.6 Å². The summed E-state index contributed by atoms with van der Waals surface area (Å²) in [5.41, 5.74) is 2.14. The van der Waals surface area contributed by atoms with Crippen LogP contribution in [0.25, 0.3) is 5.69 Å². The van der Waals surface area contributed by atoms with Gasteiger partial charge in [-0.05, 0) is 42.9 Å². The van der Waals surface area contributed by atoms with E-state index in [0.29, 0.717) is 22.9 Å². The molecule has 2 aromatic carbocycles. The Bertz CT molecular complexity index is 883. The minimum absolute atomic E-state index is 0.167. The Morgan fingerprint density at radius 1 is 1.27 bits per heavy atom. The van der Waals surface area contributed by atoms with Crippen molar-refractivity contribution >= 4 is 23.2 Å². The van der Waals surface area contributed by atoms with Gasteiger partial charge >= 0.3 is 0 Å². The molecule has 0 aliphatic rings. The van der Waals surface area contributed by atoms with Crippen LogP contribution in [0.4, 0.5) is 10.1 Å². The van der Waals surface area contributed by atoms with Crippen LogP contribution in [-0.4, -0.2) is 39.2 Å². The van der Waals surface area contributed by atoms with Gasteiger partial charge in [-0.3, -0.25) is 9.69 Å². The number of hydrogen-bond donors (Lipinski definition) is 1. The molecule has 6 nitrogen and oxygen atoms in total. The number of carbonyl (C=O) groups excluding carboxylic acids is 1. The maximum atomic E-state index is 13.0. The summed E-state index contributed by atoms with van der Waals surface area (Å²) in [6.45, 7) is 0.694. The monoisotopic (exact) mass is 373 g/mol. The minimum atomic E-state index is -0.282. The molecular weight excluding hydrogens is 357 g/mol. The Balaban J connectivity index is 1.66.